The van der Waals surface area contributed by atoms with E-state index in [0.717, 1.165) is 5.56 Å². The van der Waals surface area contributed by atoms with E-state index in [0.29, 0.717) is 5.75 Å². The minimum Gasteiger partial charge on any atom is -0.496 e. The van der Waals surface area contributed by atoms with E-state index >= 15 is 0 Å². The van der Waals surface area contributed by atoms with Crippen LogP contribution in [-0.2, 0) is 5.41 Å². The third kappa shape index (κ3) is 2.13. The molecule has 1 aromatic rings. The molecule has 1 rings (SSSR count). The summed E-state index contributed by atoms with van der Waals surface area (Å²) < 4.78 is 5.22. The Morgan fingerprint density at radius 1 is 1.40 bits per heavy atom. The van der Waals surface area contributed by atoms with Crippen molar-refractivity contribution in [2.75, 3.05) is 13.7 Å². The van der Waals surface area contributed by atoms with Gasteiger partial charge < -0.3 is 14.9 Å². The highest BCUT2D eigenvalue weighted by Crippen LogP contribution is 2.33. The van der Waals surface area contributed by atoms with Gasteiger partial charge in [0.05, 0.1) is 19.8 Å². The molecule has 0 heterocycles. The van der Waals surface area contributed by atoms with Gasteiger partial charge in [-0.15, -0.1) is 0 Å². The number of rotatable bonds is 4. The molecule has 0 spiro atoms. The maximum Gasteiger partial charge on any atom is 0.122 e. The van der Waals surface area contributed by atoms with Crippen molar-refractivity contribution in [3.8, 4) is 5.75 Å². The SMILES string of the molecule is COc1ccccc1C(C)(CO)C(C)O. The van der Waals surface area contributed by atoms with Gasteiger partial charge in [-0.25, -0.2) is 0 Å². The lowest BCUT2D eigenvalue weighted by molar-refractivity contribution is 0.0599. The van der Waals surface area contributed by atoms with Crippen LogP contribution in [0.1, 0.15) is 19.4 Å². The summed E-state index contributed by atoms with van der Waals surface area (Å²) in [6.45, 7) is 3.36. The van der Waals surface area contributed by atoms with Crippen molar-refractivity contribution < 1.29 is 14.9 Å². The van der Waals surface area contributed by atoms with E-state index in [4.69, 9.17) is 4.74 Å². The zero-order valence-corrected chi connectivity index (χ0v) is 9.40. The first-order valence-corrected chi connectivity index (χ1v) is 4.98. The molecule has 0 bridgehead atoms. The average molecular weight is 210 g/mol. The van der Waals surface area contributed by atoms with Gasteiger partial charge in [0.15, 0.2) is 0 Å². The number of aliphatic hydroxyl groups is 2. The van der Waals surface area contributed by atoms with E-state index in [2.05, 4.69) is 0 Å². The molecule has 0 fully saturated rings. The van der Waals surface area contributed by atoms with Crippen LogP contribution >= 0.6 is 0 Å². The van der Waals surface area contributed by atoms with Gasteiger partial charge >= 0.3 is 0 Å². The summed E-state index contributed by atoms with van der Waals surface area (Å²) >= 11 is 0. The van der Waals surface area contributed by atoms with Crippen LogP contribution in [0, 0.1) is 0 Å². The Morgan fingerprint density at radius 2 is 2.00 bits per heavy atom. The molecule has 15 heavy (non-hydrogen) atoms. The third-order valence-corrected chi connectivity index (χ3v) is 2.97. The highest BCUT2D eigenvalue weighted by Gasteiger charge is 2.33. The van der Waals surface area contributed by atoms with E-state index in [-0.39, 0.29) is 6.61 Å². The number of hydrogen-bond acceptors (Lipinski definition) is 3. The summed E-state index contributed by atoms with van der Waals surface area (Å²) in [5.41, 5.74) is 0.136. The molecular formula is C12H18O3. The van der Waals surface area contributed by atoms with Crippen LogP contribution < -0.4 is 4.74 Å². The molecule has 84 valence electrons. The topological polar surface area (TPSA) is 49.7 Å². The average Bonchev–Trinajstić information content (AvgIpc) is 2.27. The Labute approximate surface area is 90.3 Å². The van der Waals surface area contributed by atoms with Gasteiger partial charge in [-0.2, -0.15) is 0 Å². The molecule has 2 atom stereocenters. The second-order valence-electron chi connectivity index (χ2n) is 3.95. The number of methoxy groups -OCH3 is 1. The lowest BCUT2D eigenvalue weighted by Gasteiger charge is -2.32. The van der Waals surface area contributed by atoms with Crippen LogP contribution in [0.4, 0.5) is 0 Å². The molecule has 0 aromatic heterocycles. The van der Waals surface area contributed by atoms with Crippen molar-refractivity contribution in [2.24, 2.45) is 0 Å². The number of benzene rings is 1. The molecule has 2 unspecified atom stereocenters. The zero-order valence-electron chi connectivity index (χ0n) is 9.40. The Morgan fingerprint density at radius 3 is 2.47 bits per heavy atom. The van der Waals surface area contributed by atoms with Crippen molar-refractivity contribution in [3.63, 3.8) is 0 Å². The molecule has 0 aliphatic rings. The second kappa shape index (κ2) is 4.64. The first-order chi connectivity index (χ1) is 7.06. The van der Waals surface area contributed by atoms with Gasteiger partial charge in [-0.3, -0.25) is 0 Å². The number of hydrogen-bond donors (Lipinski definition) is 2. The fourth-order valence-corrected chi connectivity index (χ4v) is 1.56. The molecule has 0 saturated carbocycles. The van der Waals surface area contributed by atoms with Crippen molar-refractivity contribution in [3.05, 3.63) is 29.8 Å². The lowest BCUT2D eigenvalue weighted by Crippen LogP contribution is -2.38. The van der Waals surface area contributed by atoms with Crippen LogP contribution in [0.25, 0.3) is 0 Å². The largest absolute Gasteiger partial charge is 0.496 e. The van der Waals surface area contributed by atoms with Crippen LogP contribution in [0.5, 0.6) is 5.75 Å². The standard InChI is InChI=1S/C12H18O3/c1-9(14)12(2,8-13)10-6-4-5-7-11(10)15-3/h4-7,9,13-14H,8H2,1-3H3. The molecule has 2 N–H and O–H groups in total. The second-order valence-corrected chi connectivity index (χ2v) is 3.95. The van der Waals surface area contributed by atoms with Crippen molar-refractivity contribution in [2.45, 2.75) is 25.4 Å². The van der Waals surface area contributed by atoms with Crippen molar-refractivity contribution >= 4 is 0 Å². The van der Waals surface area contributed by atoms with E-state index in [1.165, 1.54) is 0 Å². The highest BCUT2D eigenvalue weighted by atomic mass is 16.5. The van der Waals surface area contributed by atoms with E-state index < -0.39 is 11.5 Å². The van der Waals surface area contributed by atoms with E-state index in [1.54, 1.807) is 14.0 Å². The molecule has 3 heteroatoms. The molecule has 0 aliphatic carbocycles. The highest BCUT2D eigenvalue weighted by molar-refractivity contribution is 5.40. The number of para-hydroxylation sites is 1. The van der Waals surface area contributed by atoms with Gasteiger partial charge in [0.25, 0.3) is 0 Å². The van der Waals surface area contributed by atoms with Gasteiger partial charge in [-0.1, -0.05) is 25.1 Å². The van der Waals surface area contributed by atoms with Gasteiger partial charge in [-0.05, 0) is 13.0 Å². The van der Waals surface area contributed by atoms with Gasteiger partial charge in [0.2, 0.25) is 0 Å². The first-order valence-electron chi connectivity index (χ1n) is 4.98. The molecular weight excluding hydrogens is 192 g/mol. The number of aliphatic hydroxyl groups excluding tert-OH is 2. The predicted molar refractivity (Wildman–Crippen MR) is 59.1 cm³/mol. The van der Waals surface area contributed by atoms with E-state index in [1.807, 2.05) is 31.2 Å². The van der Waals surface area contributed by atoms with Crippen LogP contribution in [-0.4, -0.2) is 30.0 Å². The fourth-order valence-electron chi connectivity index (χ4n) is 1.56. The summed E-state index contributed by atoms with van der Waals surface area (Å²) in [5, 5.41) is 19.1. The predicted octanol–water partition coefficient (Wildman–Crippen LogP) is 1.33. The Kier molecular flexibility index (Phi) is 3.72. The third-order valence-electron chi connectivity index (χ3n) is 2.97. The van der Waals surface area contributed by atoms with Crippen LogP contribution in [0.15, 0.2) is 24.3 Å². The summed E-state index contributed by atoms with van der Waals surface area (Å²) in [7, 11) is 1.58. The first kappa shape index (κ1) is 12.0. The maximum absolute atomic E-state index is 9.73. The molecule has 0 saturated heterocycles. The van der Waals surface area contributed by atoms with E-state index in [9.17, 15) is 10.2 Å². The van der Waals surface area contributed by atoms with Crippen LogP contribution in [0.2, 0.25) is 0 Å². The summed E-state index contributed by atoms with van der Waals surface area (Å²) in [6.07, 6.45) is -0.640. The van der Waals surface area contributed by atoms with Gasteiger partial charge in [0, 0.05) is 11.0 Å². The Balaban J connectivity index is 3.23. The normalized spacial score (nSPS) is 16.9. The smallest absolute Gasteiger partial charge is 0.122 e. The fraction of sp³-hybridized carbons (Fsp3) is 0.500. The minimum absolute atomic E-state index is 0.120. The summed E-state index contributed by atoms with van der Waals surface area (Å²) in [4.78, 5) is 0. The minimum atomic E-state index is -0.688. The number of ether oxygens (including phenoxy) is 1. The molecule has 3 nitrogen and oxygen atoms in total. The molecule has 0 aliphatic heterocycles. The molecule has 0 amide bonds. The lowest BCUT2D eigenvalue weighted by atomic mass is 9.78. The monoisotopic (exact) mass is 210 g/mol. The summed E-state index contributed by atoms with van der Waals surface area (Å²) in [6, 6.07) is 7.42. The quantitative estimate of drug-likeness (QED) is 0.788. The van der Waals surface area contributed by atoms with Crippen molar-refractivity contribution in [1.82, 2.24) is 0 Å². The Bertz CT molecular complexity index is 322. The maximum atomic E-state index is 9.73. The summed E-state index contributed by atoms with van der Waals surface area (Å²) in [5.74, 6) is 0.690. The van der Waals surface area contributed by atoms with Gasteiger partial charge in [0.1, 0.15) is 5.75 Å². The molecule has 1 aromatic carbocycles. The molecule has 0 radical (unpaired) electrons. The zero-order chi connectivity index (χ0) is 11.5. The van der Waals surface area contributed by atoms with Crippen molar-refractivity contribution in [1.29, 1.82) is 0 Å². The van der Waals surface area contributed by atoms with Crippen LogP contribution in [0.3, 0.4) is 0 Å². The Hall–Kier alpha value is -1.06.